The van der Waals surface area contributed by atoms with Crippen LogP contribution in [0.25, 0.3) is 0 Å². The minimum Gasteiger partial charge on any atom is -0.449 e. The standard InChI is InChI=1S/C21H23ClN2O4/c1-15(20(25)23-19-5-3-2-4-18(19)22)28-21(26)17-8-6-16(7-9-17)14-24-10-12-27-13-11-24/h2-9,15H,10-14H2,1H3,(H,23,25)/t15-/m1/s1. The average Bonchev–Trinajstić information content (AvgIpc) is 2.71. The molecule has 1 N–H and O–H groups in total. The number of para-hydroxylation sites is 1. The fourth-order valence-electron chi connectivity index (χ4n) is 2.84. The maximum atomic E-state index is 12.3. The molecule has 1 saturated heterocycles. The van der Waals surface area contributed by atoms with Gasteiger partial charge in [-0.05, 0) is 36.8 Å². The zero-order chi connectivity index (χ0) is 19.9. The number of anilines is 1. The molecule has 2 aromatic carbocycles. The highest BCUT2D eigenvalue weighted by molar-refractivity contribution is 6.33. The Morgan fingerprint density at radius 3 is 2.50 bits per heavy atom. The Hall–Kier alpha value is -2.41. The van der Waals surface area contributed by atoms with Crippen LogP contribution in [-0.2, 0) is 20.8 Å². The summed E-state index contributed by atoms with van der Waals surface area (Å²) in [5.74, 6) is -0.981. The highest BCUT2D eigenvalue weighted by Gasteiger charge is 2.20. The topological polar surface area (TPSA) is 67.9 Å². The summed E-state index contributed by atoms with van der Waals surface area (Å²) in [5, 5.41) is 3.08. The fourth-order valence-corrected chi connectivity index (χ4v) is 3.03. The number of hydrogen-bond acceptors (Lipinski definition) is 5. The third-order valence-corrected chi connectivity index (χ3v) is 4.81. The maximum absolute atomic E-state index is 12.3. The number of halogens is 1. The first-order valence-electron chi connectivity index (χ1n) is 9.18. The molecule has 0 radical (unpaired) electrons. The number of nitrogens with zero attached hydrogens (tertiary/aromatic N) is 1. The van der Waals surface area contributed by atoms with Gasteiger partial charge in [-0.15, -0.1) is 0 Å². The molecule has 0 aliphatic carbocycles. The number of rotatable bonds is 6. The van der Waals surface area contributed by atoms with E-state index in [2.05, 4.69) is 10.2 Å². The van der Waals surface area contributed by atoms with Crippen molar-refractivity contribution in [2.75, 3.05) is 31.6 Å². The molecule has 0 aromatic heterocycles. The number of morpholine rings is 1. The van der Waals surface area contributed by atoms with Crippen LogP contribution in [0.4, 0.5) is 5.69 Å². The van der Waals surface area contributed by atoms with Crippen molar-refractivity contribution in [3.63, 3.8) is 0 Å². The monoisotopic (exact) mass is 402 g/mol. The molecule has 1 aliphatic rings. The van der Waals surface area contributed by atoms with Crippen LogP contribution >= 0.6 is 11.6 Å². The minimum atomic E-state index is -0.947. The van der Waals surface area contributed by atoms with Crippen LogP contribution < -0.4 is 5.32 Å². The third kappa shape index (κ3) is 5.55. The van der Waals surface area contributed by atoms with Crippen molar-refractivity contribution in [1.29, 1.82) is 0 Å². The van der Waals surface area contributed by atoms with Gasteiger partial charge in [0.15, 0.2) is 6.10 Å². The number of hydrogen-bond donors (Lipinski definition) is 1. The molecule has 3 rings (SSSR count). The predicted octanol–water partition coefficient (Wildman–Crippen LogP) is 3.36. The van der Waals surface area contributed by atoms with E-state index in [1.807, 2.05) is 12.1 Å². The molecule has 0 unspecified atom stereocenters. The Labute approximate surface area is 169 Å². The lowest BCUT2D eigenvalue weighted by Crippen LogP contribution is -2.35. The molecular formula is C21H23ClN2O4. The largest absolute Gasteiger partial charge is 0.449 e. The summed E-state index contributed by atoms with van der Waals surface area (Å²) in [6, 6.07) is 14.1. The summed E-state index contributed by atoms with van der Waals surface area (Å²) in [5.41, 5.74) is 2.00. The number of amides is 1. The summed E-state index contributed by atoms with van der Waals surface area (Å²) < 4.78 is 10.6. The van der Waals surface area contributed by atoms with Crippen molar-refractivity contribution in [2.24, 2.45) is 0 Å². The summed E-state index contributed by atoms with van der Waals surface area (Å²) in [6.07, 6.45) is -0.947. The zero-order valence-corrected chi connectivity index (χ0v) is 16.4. The molecular weight excluding hydrogens is 380 g/mol. The van der Waals surface area contributed by atoms with Gasteiger partial charge in [-0.25, -0.2) is 4.79 Å². The molecule has 0 saturated carbocycles. The molecule has 28 heavy (non-hydrogen) atoms. The lowest BCUT2D eigenvalue weighted by molar-refractivity contribution is -0.123. The Bertz CT molecular complexity index is 819. The normalized spacial score (nSPS) is 15.6. The summed E-state index contributed by atoms with van der Waals surface area (Å²) in [4.78, 5) is 26.9. The third-order valence-electron chi connectivity index (χ3n) is 4.48. The first kappa shape index (κ1) is 20.3. The first-order valence-corrected chi connectivity index (χ1v) is 9.56. The summed E-state index contributed by atoms with van der Waals surface area (Å²) >= 11 is 6.03. The fraction of sp³-hybridized carbons (Fsp3) is 0.333. The Morgan fingerprint density at radius 1 is 1.14 bits per heavy atom. The van der Waals surface area contributed by atoms with Crippen molar-refractivity contribution < 1.29 is 19.1 Å². The minimum absolute atomic E-state index is 0.406. The molecule has 0 spiro atoms. The summed E-state index contributed by atoms with van der Waals surface area (Å²) in [7, 11) is 0. The molecule has 7 heteroatoms. The van der Waals surface area contributed by atoms with Crippen LogP contribution in [0.15, 0.2) is 48.5 Å². The van der Waals surface area contributed by atoms with Crippen molar-refractivity contribution in [1.82, 2.24) is 4.90 Å². The van der Waals surface area contributed by atoms with Gasteiger partial charge < -0.3 is 14.8 Å². The lowest BCUT2D eigenvalue weighted by Gasteiger charge is -2.26. The second kappa shape index (κ2) is 9.68. The maximum Gasteiger partial charge on any atom is 0.338 e. The van der Waals surface area contributed by atoms with Crippen LogP contribution in [0, 0.1) is 0 Å². The second-order valence-corrected chi connectivity index (χ2v) is 7.01. The van der Waals surface area contributed by atoms with E-state index in [4.69, 9.17) is 21.1 Å². The smallest absolute Gasteiger partial charge is 0.338 e. The molecule has 1 fully saturated rings. The van der Waals surface area contributed by atoms with E-state index in [-0.39, 0.29) is 0 Å². The number of carbonyl (C=O) groups excluding carboxylic acids is 2. The van der Waals surface area contributed by atoms with E-state index in [0.29, 0.717) is 16.3 Å². The molecule has 148 valence electrons. The Balaban J connectivity index is 1.53. The molecule has 1 aliphatic heterocycles. The molecule has 1 amide bonds. The predicted molar refractivity (Wildman–Crippen MR) is 107 cm³/mol. The van der Waals surface area contributed by atoms with E-state index in [1.165, 1.54) is 6.92 Å². The molecule has 2 aromatic rings. The van der Waals surface area contributed by atoms with E-state index in [9.17, 15) is 9.59 Å². The van der Waals surface area contributed by atoms with Crippen molar-refractivity contribution in [3.05, 3.63) is 64.7 Å². The SMILES string of the molecule is C[C@@H](OC(=O)c1ccc(CN2CCOCC2)cc1)C(=O)Nc1ccccc1Cl. The van der Waals surface area contributed by atoms with Crippen LogP contribution in [0.3, 0.4) is 0 Å². The van der Waals surface area contributed by atoms with Gasteiger partial charge in [0.05, 0.1) is 29.5 Å². The van der Waals surface area contributed by atoms with Gasteiger partial charge >= 0.3 is 5.97 Å². The Morgan fingerprint density at radius 2 is 1.82 bits per heavy atom. The van der Waals surface area contributed by atoms with Crippen LogP contribution in [0.2, 0.25) is 5.02 Å². The average molecular weight is 403 g/mol. The number of benzene rings is 2. The highest BCUT2D eigenvalue weighted by atomic mass is 35.5. The van der Waals surface area contributed by atoms with Gasteiger partial charge in [0.25, 0.3) is 5.91 Å². The van der Waals surface area contributed by atoms with E-state index >= 15 is 0 Å². The van der Waals surface area contributed by atoms with Crippen molar-refractivity contribution in [3.8, 4) is 0 Å². The van der Waals surface area contributed by atoms with Crippen LogP contribution in [-0.4, -0.2) is 49.2 Å². The quantitative estimate of drug-likeness (QED) is 0.750. The number of carbonyl (C=O) groups is 2. The lowest BCUT2D eigenvalue weighted by atomic mass is 10.1. The van der Waals surface area contributed by atoms with Crippen LogP contribution in [0.1, 0.15) is 22.8 Å². The van der Waals surface area contributed by atoms with E-state index in [1.54, 1.807) is 36.4 Å². The van der Waals surface area contributed by atoms with Gasteiger partial charge in [0, 0.05) is 19.6 Å². The number of nitrogens with one attached hydrogen (secondary N) is 1. The van der Waals surface area contributed by atoms with Crippen molar-refractivity contribution >= 4 is 29.2 Å². The number of ether oxygens (including phenoxy) is 2. The molecule has 1 heterocycles. The van der Waals surface area contributed by atoms with Gasteiger partial charge in [0.1, 0.15) is 0 Å². The Kier molecular flexibility index (Phi) is 7.03. The number of esters is 1. The van der Waals surface area contributed by atoms with Gasteiger partial charge in [-0.3, -0.25) is 9.69 Å². The second-order valence-electron chi connectivity index (χ2n) is 6.60. The van der Waals surface area contributed by atoms with Gasteiger partial charge in [-0.2, -0.15) is 0 Å². The van der Waals surface area contributed by atoms with Gasteiger partial charge in [-0.1, -0.05) is 35.9 Å². The van der Waals surface area contributed by atoms with E-state index < -0.39 is 18.0 Å². The summed E-state index contributed by atoms with van der Waals surface area (Å²) in [6.45, 7) is 5.65. The first-order chi connectivity index (χ1) is 13.5. The zero-order valence-electron chi connectivity index (χ0n) is 15.7. The van der Waals surface area contributed by atoms with Gasteiger partial charge in [0.2, 0.25) is 0 Å². The van der Waals surface area contributed by atoms with Crippen molar-refractivity contribution in [2.45, 2.75) is 19.6 Å². The molecule has 0 bridgehead atoms. The van der Waals surface area contributed by atoms with E-state index in [0.717, 1.165) is 38.4 Å². The van der Waals surface area contributed by atoms with Crippen LogP contribution in [0.5, 0.6) is 0 Å². The molecule has 6 nitrogen and oxygen atoms in total. The highest BCUT2D eigenvalue weighted by Crippen LogP contribution is 2.21. The molecule has 1 atom stereocenters.